The van der Waals surface area contributed by atoms with Crippen LogP contribution in [0.4, 0.5) is 5.88 Å². The van der Waals surface area contributed by atoms with Crippen LogP contribution >= 0.6 is 0 Å². The highest BCUT2D eigenvalue weighted by Crippen LogP contribution is 2.27. The minimum atomic E-state index is 0.305. The van der Waals surface area contributed by atoms with Crippen molar-refractivity contribution in [2.45, 2.75) is 20.8 Å². The number of aryl methyl sites for hydroxylation is 1. The lowest BCUT2D eigenvalue weighted by Crippen LogP contribution is -2.08. The fraction of sp³-hybridized carbons (Fsp3) is 0.333. The van der Waals surface area contributed by atoms with Crippen LogP contribution in [-0.4, -0.2) is 11.5 Å². The monoisotopic (exact) mass is 255 g/mol. The van der Waals surface area contributed by atoms with E-state index in [0.29, 0.717) is 23.4 Å². The zero-order chi connectivity index (χ0) is 13.8. The Morgan fingerprint density at radius 2 is 2.11 bits per heavy atom. The minimum Gasteiger partial charge on any atom is -0.419 e. The molecule has 1 aromatic heterocycles. The van der Waals surface area contributed by atoms with Crippen molar-refractivity contribution in [2.75, 3.05) is 11.9 Å². The van der Waals surface area contributed by atoms with Gasteiger partial charge in [-0.15, -0.1) is 0 Å². The molecule has 0 spiro atoms. The number of oxazole rings is 1. The van der Waals surface area contributed by atoms with E-state index in [0.717, 1.165) is 17.7 Å². The summed E-state index contributed by atoms with van der Waals surface area (Å²) in [4.78, 5) is 4.25. The fourth-order valence-corrected chi connectivity index (χ4v) is 1.74. The molecule has 0 fully saturated rings. The third-order valence-corrected chi connectivity index (χ3v) is 2.78. The van der Waals surface area contributed by atoms with Crippen LogP contribution in [0.5, 0.6) is 0 Å². The van der Waals surface area contributed by atoms with Crippen molar-refractivity contribution in [1.29, 1.82) is 5.26 Å². The highest BCUT2D eigenvalue weighted by Gasteiger charge is 2.15. The third-order valence-electron chi connectivity index (χ3n) is 2.78. The topological polar surface area (TPSA) is 61.9 Å². The summed E-state index contributed by atoms with van der Waals surface area (Å²) in [6.07, 6.45) is 0. The highest BCUT2D eigenvalue weighted by molar-refractivity contribution is 5.62. The van der Waals surface area contributed by atoms with E-state index in [2.05, 4.69) is 30.2 Å². The van der Waals surface area contributed by atoms with E-state index < -0.39 is 0 Å². The van der Waals surface area contributed by atoms with Crippen molar-refractivity contribution in [3.63, 3.8) is 0 Å². The largest absolute Gasteiger partial charge is 0.419 e. The van der Waals surface area contributed by atoms with Crippen molar-refractivity contribution in [1.82, 2.24) is 4.98 Å². The summed E-state index contributed by atoms with van der Waals surface area (Å²) in [6, 6.07) is 9.89. The van der Waals surface area contributed by atoms with E-state index in [1.807, 2.05) is 31.2 Å². The van der Waals surface area contributed by atoms with Gasteiger partial charge in [-0.2, -0.15) is 10.2 Å². The molecule has 0 saturated heterocycles. The molecule has 4 nitrogen and oxygen atoms in total. The van der Waals surface area contributed by atoms with Gasteiger partial charge in [0.25, 0.3) is 0 Å². The van der Waals surface area contributed by atoms with Gasteiger partial charge in [0.1, 0.15) is 6.07 Å². The van der Waals surface area contributed by atoms with Crippen LogP contribution in [-0.2, 0) is 0 Å². The van der Waals surface area contributed by atoms with Crippen molar-refractivity contribution in [2.24, 2.45) is 5.92 Å². The van der Waals surface area contributed by atoms with Gasteiger partial charge in [0.2, 0.25) is 17.5 Å². The number of nitrogens with zero attached hydrogens (tertiary/aromatic N) is 2. The Kier molecular flexibility index (Phi) is 3.86. The summed E-state index contributed by atoms with van der Waals surface area (Å²) in [6.45, 7) is 6.93. The number of hydrogen-bond donors (Lipinski definition) is 1. The predicted molar refractivity (Wildman–Crippen MR) is 74.7 cm³/mol. The minimum absolute atomic E-state index is 0.305. The van der Waals surface area contributed by atoms with Crippen molar-refractivity contribution in [3.8, 4) is 17.5 Å². The molecule has 2 aromatic rings. The van der Waals surface area contributed by atoms with Gasteiger partial charge in [-0.3, -0.25) is 0 Å². The quantitative estimate of drug-likeness (QED) is 0.906. The Morgan fingerprint density at radius 3 is 2.74 bits per heavy atom. The highest BCUT2D eigenvalue weighted by atomic mass is 16.4. The molecular weight excluding hydrogens is 238 g/mol. The average Bonchev–Trinajstić information content (AvgIpc) is 2.80. The fourth-order valence-electron chi connectivity index (χ4n) is 1.74. The molecule has 0 atom stereocenters. The Bertz CT molecular complexity index is 608. The first-order valence-corrected chi connectivity index (χ1v) is 6.32. The molecule has 4 heteroatoms. The van der Waals surface area contributed by atoms with E-state index in [-0.39, 0.29) is 0 Å². The van der Waals surface area contributed by atoms with Gasteiger partial charge in [-0.25, -0.2) is 0 Å². The summed E-state index contributed by atoms with van der Waals surface area (Å²) in [5.74, 6) is 1.41. The summed E-state index contributed by atoms with van der Waals surface area (Å²) in [7, 11) is 0. The lowest BCUT2D eigenvalue weighted by molar-refractivity contribution is 0.573. The Morgan fingerprint density at radius 1 is 1.37 bits per heavy atom. The van der Waals surface area contributed by atoms with Crippen LogP contribution in [0.25, 0.3) is 11.5 Å². The second kappa shape index (κ2) is 5.57. The number of anilines is 1. The summed E-state index contributed by atoms with van der Waals surface area (Å²) < 4.78 is 5.68. The molecule has 0 saturated carbocycles. The summed E-state index contributed by atoms with van der Waals surface area (Å²) in [5, 5.41) is 12.2. The first-order chi connectivity index (χ1) is 9.11. The molecule has 0 radical (unpaired) electrons. The third kappa shape index (κ3) is 2.94. The molecule has 1 heterocycles. The molecule has 19 heavy (non-hydrogen) atoms. The molecule has 0 unspecified atom stereocenters. The van der Waals surface area contributed by atoms with Gasteiger partial charge in [0.15, 0.2) is 0 Å². The first kappa shape index (κ1) is 13.2. The summed E-state index contributed by atoms with van der Waals surface area (Å²) >= 11 is 0. The zero-order valence-corrected chi connectivity index (χ0v) is 11.4. The normalized spacial score (nSPS) is 10.5. The predicted octanol–water partition coefficient (Wildman–Crippen LogP) is 3.59. The average molecular weight is 255 g/mol. The van der Waals surface area contributed by atoms with Gasteiger partial charge in [-0.05, 0) is 24.5 Å². The maximum Gasteiger partial charge on any atom is 0.232 e. The molecule has 0 bridgehead atoms. The lowest BCUT2D eigenvalue weighted by atomic mass is 10.1. The van der Waals surface area contributed by atoms with Gasteiger partial charge >= 0.3 is 0 Å². The summed E-state index contributed by atoms with van der Waals surface area (Å²) in [5.41, 5.74) is 2.29. The molecule has 0 aliphatic heterocycles. The number of nitrogens with one attached hydrogen (secondary N) is 1. The first-order valence-electron chi connectivity index (χ1n) is 6.32. The second-order valence-corrected chi connectivity index (χ2v) is 4.90. The van der Waals surface area contributed by atoms with Crippen LogP contribution in [0.15, 0.2) is 28.7 Å². The smallest absolute Gasteiger partial charge is 0.232 e. The van der Waals surface area contributed by atoms with E-state index in [1.165, 1.54) is 0 Å². The van der Waals surface area contributed by atoms with E-state index >= 15 is 0 Å². The van der Waals surface area contributed by atoms with Crippen LogP contribution in [0.1, 0.15) is 25.1 Å². The van der Waals surface area contributed by atoms with Crippen LogP contribution in [0, 0.1) is 24.2 Å². The number of nitriles is 1. The van der Waals surface area contributed by atoms with Gasteiger partial charge in [0.05, 0.1) is 0 Å². The van der Waals surface area contributed by atoms with Crippen LogP contribution in [0.3, 0.4) is 0 Å². The van der Waals surface area contributed by atoms with Crippen molar-refractivity contribution < 1.29 is 4.42 Å². The van der Waals surface area contributed by atoms with Crippen LogP contribution < -0.4 is 5.32 Å². The second-order valence-electron chi connectivity index (χ2n) is 4.90. The zero-order valence-electron chi connectivity index (χ0n) is 11.4. The van der Waals surface area contributed by atoms with Crippen molar-refractivity contribution >= 4 is 5.88 Å². The van der Waals surface area contributed by atoms with Gasteiger partial charge < -0.3 is 9.73 Å². The number of hydrogen-bond acceptors (Lipinski definition) is 4. The molecule has 98 valence electrons. The van der Waals surface area contributed by atoms with E-state index in [4.69, 9.17) is 9.68 Å². The molecular formula is C15H17N3O. The van der Waals surface area contributed by atoms with Gasteiger partial charge in [-0.1, -0.05) is 32.0 Å². The van der Waals surface area contributed by atoms with Crippen LogP contribution in [0.2, 0.25) is 0 Å². The molecule has 2 rings (SSSR count). The molecule has 1 N–H and O–H groups in total. The Hall–Kier alpha value is -2.28. The molecule has 0 aliphatic carbocycles. The Balaban J connectivity index is 2.34. The molecule has 0 amide bonds. The number of rotatable bonds is 4. The molecule has 0 aliphatic rings. The van der Waals surface area contributed by atoms with Gasteiger partial charge in [0, 0.05) is 12.1 Å². The number of aromatic nitrogens is 1. The maximum absolute atomic E-state index is 9.10. The van der Waals surface area contributed by atoms with E-state index in [9.17, 15) is 0 Å². The SMILES string of the molecule is Cc1ccccc1-c1nc(C#N)c(NCC(C)C)o1. The van der Waals surface area contributed by atoms with E-state index in [1.54, 1.807) is 0 Å². The number of benzene rings is 1. The Labute approximate surface area is 113 Å². The maximum atomic E-state index is 9.10. The molecule has 1 aromatic carbocycles. The van der Waals surface area contributed by atoms with Crippen molar-refractivity contribution in [3.05, 3.63) is 35.5 Å². The standard InChI is InChI=1S/C15H17N3O/c1-10(2)9-17-15-13(8-16)18-14(19-15)12-7-5-4-6-11(12)3/h4-7,10,17H,9H2,1-3H3. The lowest BCUT2D eigenvalue weighted by Gasteiger charge is -2.05.